The van der Waals surface area contributed by atoms with Gasteiger partial charge >= 0.3 is 5.97 Å². The van der Waals surface area contributed by atoms with E-state index >= 15 is 0 Å². The van der Waals surface area contributed by atoms with Crippen LogP contribution in [0.25, 0.3) is 0 Å². The quantitative estimate of drug-likeness (QED) is 0.604. The molecule has 0 saturated carbocycles. The van der Waals surface area contributed by atoms with Gasteiger partial charge in [0, 0.05) is 12.6 Å². The molecule has 1 heterocycles. The van der Waals surface area contributed by atoms with Gasteiger partial charge in [-0.05, 0) is 26.7 Å². The van der Waals surface area contributed by atoms with Crippen molar-refractivity contribution in [3.05, 3.63) is 0 Å². The highest BCUT2D eigenvalue weighted by molar-refractivity contribution is 6.06. The average Bonchev–Trinajstić information content (AvgIpc) is 2.09. The van der Waals surface area contributed by atoms with Crippen LogP contribution in [-0.4, -0.2) is 40.0 Å². The zero-order valence-electron chi connectivity index (χ0n) is 8.49. The van der Waals surface area contributed by atoms with E-state index in [1.165, 1.54) is 4.90 Å². The van der Waals surface area contributed by atoms with Gasteiger partial charge in [-0.3, -0.25) is 4.79 Å². The van der Waals surface area contributed by atoms with Gasteiger partial charge in [-0.15, -0.1) is 0 Å². The lowest BCUT2D eigenvalue weighted by atomic mass is 9.88. The van der Waals surface area contributed by atoms with E-state index in [4.69, 9.17) is 10.8 Å². The minimum atomic E-state index is -1.71. The van der Waals surface area contributed by atoms with Crippen molar-refractivity contribution in [3.63, 3.8) is 0 Å². The van der Waals surface area contributed by atoms with Crippen molar-refractivity contribution in [2.24, 2.45) is 5.73 Å². The van der Waals surface area contributed by atoms with Gasteiger partial charge in [-0.1, -0.05) is 0 Å². The van der Waals surface area contributed by atoms with Crippen LogP contribution in [0.15, 0.2) is 0 Å². The summed E-state index contributed by atoms with van der Waals surface area (Å²) < 4.78 is 0. The second kappa shape index (κ2) is 3.57. The van der Waals surface area contributed by atoms with Crippen molar-refractivity contribution in [2.75, 3.05) is 6.54 Å². The van der Waals surface area contributed by atoms with Crippen molar-refractivity contribution in [1.29, 1.82) is 0 Å². The van der Waals surface area contributed by atoms with Crippen LogP contribution >= 0.6 is 0 Å². The average molecular weight is 200 g/mol. The molecule has 14 heavy (non-hydrogen) atoms. The summed E-state index contributed by atoms with van der Waals surface area (Å²) in [5, 5.41) is 8.89. The molecule has 0 aromatic rings. The lowest BCUT2D eigenvalue weighted by Crippen LogP contribution is -2.64. The Balaban J connectivity index is 2.91. The molecule has 80 valence electrons. The lowest BCUT2D eigenvalue weighted by molar-refractivity contribution is -0.157. The number of carbonyl (C=O) groups is 2. The van der Waals surface area contributed by atoms with E-state index < -0.39 is 17.4 Å². The molecule has 1 atom stereocenters. The number of nitrogens with zero attached hydrogens (tertiary/aromatic N) is 1. The molecule has 1 amide bonds. The summed E-state index contributed by atoms with van der Waals surface area (Å²) >= 11 is 0. The molecule has 3 N–H and O–H groups in total. The third-order valence-electron chi connectivity index (χ3n) is 2.62. The highest BCUT2D eigenvalue weighted by Crippen LogP contribution is 2.22. The SMILES string of the molecule is CC(C)N1CCCC(N)(C(=O)O)C1=O. The predicted octanol–water partition coefficient (Wildman–Crippen LogP) is -0.201. The molecular formula is C9H16N2O3. The summed E-state index contributed by atoms with van der Waals surface area (Å²) in [5.41, 5.74) is 3.88. The molecule has 1 rings (SSSR count). The first kappa shape index (κ1) is 11.0. The predicted molar refractivity (Wildman–Crippen MR) is 50.6 cm³/mol. The highest BCUT2D eigenvalue weighted by atomic mass is 16.4. The number of carboxylic acids is 1. The number of piperidine rings is 1. The number of rotatable bonds is 2. The largest absolute Gasteiger partial charge is 0.479 e. The first-order valence-corrected chi connectivity index (χ1v) is 4.73. The Morgan fingerprint density at radius 1 is 1.64 bits per heavy atom. The molecule has 5 nitrogen and oxygen atoms in total. The molecule has 1 aliphatic heterocycles. The molecule has 0 bridgehead atoms. The van der Waals surface area contributed by atoms with Gasteiger partial charge in [-0.25, -0.2) is 4.79 Å². The Morgan fingerprint density at radius 2 is 2.21 bits per heavy atom. The van der Waals surface area contributed by atoms with Crippen LogP contribution < -0.4 is 5.73 Å². The van der Waals surface area contributed by atoms with Crippen LogP contribution in [-0.2, 0) is 9.59 Å². The van der Waals surface area contributed by atoms with Gasteiger partial charge in [0.25, 0.3) is 5.91 Å². The van der Waals surface area contributed by atoms with Crippen LogP contribution in [0.5, 0.6) is 0 Å². The van der Waals surface area contributed by atoms with Crippen molar-refractivity contribution in [1.82, 2.24) is 4.90 Å². The number of amides is 1. The summed E-state index contributed by atoms with van der Waals surface area (Å²) in [7, 11) is 0. The van der Waals surface area contributed by atoms with Crippen LogP contribution in [0.3, 0.4) is 0 Å². The van der Waals surface area contributed by atoms with Gasteiger partial charge in [0.1, 0.15) is 0 Å². The number of hydrogen-bond acceptors (Lipinski definition) is 3. The first-order valence-electron chi connectivity index (χ1n) is 4.73. The molecule has 1 saturated heterocycles. The van der Waals surface area contributed by atoms with Gasteiger partial charge in [-0.2, -0.15) is 0 Å². The number of carbonyl (C=O) groups excluding carboxylic acids is 1. The molecule has 0 aromatic heterocycles. The third kappa shape index (κ3) is 1.59. The van der Waals surface area contributed by atoms with Crippen LogP contribution in [0.1, 0.15) is 26.7 Å². The minimum Gasteiger partial charge on any atom is -0.479 e. The maximum Gasteiger partial charge on any atom is 0.333 e. The number of carboxylic acid groups (broad SMARTS) is 1. The highest BCUT2D eigenvalue weighted by Gasteiger charge is 2.47. The van der Waals surface area contributed by atoms with E-state index in [-0.39, 0.29) is 12.5 Å². The summed E-state index contributed by atoms with van der Waals surface area (Å²) in [6.45, 7) is 4.31. The van der Waals surface area contributed by atoms with Crippen molar-refractivity contribution < 1.29 is 14.7 Å². The van der Waals surface area contributed by atoms with E-state index in [1.54, 1.807) is 0 Å². The monoisotopic (exact) mass is 200 g/mol. The van der Waals surface area contributed by atoms with Crippen LogP contribution in [0.2, 0.25) is 0 Å². The van der Waals surface area contributed by atoms with Gasteiger partial charge in [0.05, 0.1) is 0 Å². The Hall–Kier alpha value is -1.10. The molecule has 1 unspecified atom stereocenters. The lowest BCUT2D eigenvalue weighted by Gasteiger charge is -2.38. The molecular weight excluding hydrogens is 184 g/mol. The molecule has 0 spiro atoms. The topological polar surface area (TPSA) is 83.6 Å². The van der Waals surface area contributed by atoms with Gasteiger partial charge < -0.3 is 15.7 Å². The zero-order chi connectivity index (χ0) is 10.9. The van der Waals surface area contributed by atoms with Gasteiger partial charge in [0.15, 0.2) is 5.54 Å². The Morgan fingerprint density at radius 3 is 2.64 bits per heavy atom. The van der Waals surface area contributed by atoms with Crippen LogP contribution in [0.4, 0.5) is 0 Å². The summed E-state index contributed by atoms with van der Waals surface area (Å²) in [5.74, 6) is -1.70. The third-order valence-corrected chi connectivity index (χ3v) is 2.62. The fourth-order valence-electron chi connectivity index (χ4n) is 1.68. The summed E-state index contributed by atoms with van der Waals surface area (Å²) in [6.07, 6.45) is 0.872. The first-order chi connectivity index (χ1) is 6.39. The van der Waals surface area contributed by atoms with Crippen molar-refractivity contribution in [2.45, 2.75) is 38.3 Å². The Labute approximate surface area is 82.9 Å². The fraction of sp³-hybridized carbons (Fsp3) is 0.778. The number of hydrogen-bond donors (Lipinski definition) is 2. The Kier molecular flexibility index (Phi) is 2.80. The molecule has 5 heteroatoms. The smallest absolute Gasteiger partial charge is 0.333 e. The number of aliphatic carboxylic acids is 1. The van der Waals surface area contributed by atoms with Crippen molar-refractivity contribution in [3.8, 4) is 0 Å². The number of nitrogens with two attached hydrogens (primary N) is 1. The standard InChI is InChI=1S/C9H16N2O3/c1-6(2)11-5-3-4-9(10,7(11)12)8(13)14/h6H,3-5,10H2,1-2H3,(H,13,14). The van der Waals surface area contributed by atoms with Crippen LogP contribution in [0, 0.1) is 0 Å². The Bertz CT molecular complexity index is 265. The maximum atomic E-state index is 11.8. The molecule has 0 radical (unpaired) electrons. The molecule has 1 aliphatic rings. The van der Waals surface area contributed by atoms with Crippen molar-refractivity contribution >= 4 is 11.9 Å². The van der Waals surface area contributed by atoms with E-state index in [9.17, 15) is 9.59 Å². The molecule has 1 fully saturated rings. The molecule has 0 aromatic carbocycles. The van der Waals surface area contributed by atoms with E-state index in [0.29, 0.717) is 13.0 Å². The number of likely N-dealkylation sites (tertiary alicyclic amines) is 1. The van der Waals surface area contributed by atoms with E-state index in [0.717, 1.165) is 0 Å². The van der Waals surface area contributed by atoms with E-state index in [1.807, 2.05) is 13.8 Å². The normalized spacial score (nSPS) is 28.3. The van der Waals surface area contributed by atoms with E-state index in [2.05, 4.69) is 0 Å². The maximum absolute atomic E-state index is 11.8. The fourth-order valence-corrected chi connectivity index (χ4v) is 1.68. The summed E-state index contributed by atoms with van der Waals surface area (Å²) in [6, 6.07) is 0.00470. The zero-order valence-corrected chi connectivity index (χ0v) is 8.49. The van der Waals surface area contributed by atoms with Gasteiger partial charge in [0.2, 0.25) is 0 Å². The minimum absolute atomic E-state index is 0.00470. The second-order valence-corrected chi connectivity index (χ2v) is 3.97. The second-order valence-electron chi connectivity index (χ2n) is 3.97. The summed E-state index contributed by atoms with van der Waals surface area (Å²) in [4.78, 5) is 24.2. The molecule has 0 aliphatic carbocycles.